The average Bonchev–Trinajstić information content (AvgIpc) is 2.94. The minimum atomic E-state index is -1.29. The summed E-state index contributed by atoms with van der Waals surface area (Å²) in [6.07, 6.45) is 4.06. The molecule has 1 fully saturated rings. The summed E-state index contributed by atoms with van der Waals surface area (Å²) in [5.41, 5.74) is 3.70. The van der Waals surface area contributed by atoms with Crippen LogP contribution in [0.1, 0.15) is 60.1 Å². The monoisotopic (exact) mass is 633 g/mol. The summed E-state index contributed by atoms with van der Waals surface area (Å²) in [6.45, 7) is 5.38. The molecule has 0 atom stereocenters. The van der Waals surface area contributed by atoms with E-state index in [2.05, 4.69) is 10.2 Å². The van der Waals surface area contributed by atoms with Gasteiger partial charge in [-0.2, -0.15) is 0 Å². The van der Waals surface area contributed by atoms with E-state index in [0.29, 0.717) is 46.5 Å². The maximum atomic E-state index is 13.5. The van der Waals surface area contributed by atoms with Crippen molar-refractivity contribution in [3.05, 3.63) is 69.3 Å². The van der Waals surface area contributed by atoms with Gasteiger partial charge in [-0.05, 0) is 94.7 Å². The molecule has 0 saturated heterocycles. The van der Waals surface area contributed by atoms with Crippen LogP contribution in [-0.4, -0.2) is 59.7 Å². The average molecular weight is 635 g/mol. The molecule has 3 aromatic rings. The molecule has 2 aromatic carbocycles. The third-order valence-electron chi connectivity index (χ3n) is 7.68. The first kappa shape index (κ1) is 33.7. The van der Waals surface area contributed by atoms with Gasteiger partial charge in [-0.15, -0.1) is 12.4 Å². The molecule has 4 rings (SSSR count). The maximum absolute atomic E-state index is 13.5. The number of pyridine rings is 1. The van der Waals surface area contributed by atoms with Crippen molar-refractivity contribution in [1.82, 2.24) is 15.2 Å². The zero-order chi connectivity index (χ0) is 29.7. The fourth-order valence-corrected chi connectivity index (χ4v) is 5.66. The van der Waals surface area contributed by atoms with E-state index in [4.69, 9.17) is 32.9 Å². The van der Waals surface area contributed by atoms with Gasteiger partial charge in [-0.1, -0.05) is 48.5 Å². The smallest absolute Gasteiger partial charge is 0.329 e. The number of carbonyl (C=O) groups excluding carboxylic acids is 1. The van der Waals surface area contributed by atoms with Crippen LogP contribution in [0, 0.1) is 13.8 Å². The van der Waals surface area contributed by atoms with E-state index in [1.807, 2.05) is 58.3 Å². The van der Waals surface area contributed by atoms with Gasteiger partial charge in [0.05, 0.1) is 17.3 Å². The molecule has 7 nitrogen and oxygen atoms in total. The molecule has 0 bridgehead atoms. The van der Waals surface area contributed by atoms with Crippen molar-refractivity contribution in [3.63, 3.8) is 0 Å². The van der Waals surface area contributed by atoms with Crippen LogP contribution >= 0.6 is 35.6 Å². The zero-order valence-corrected chi connectivity index (χ0v) is 26.8. The van der Waals surface area contributed by atoms with Gasteiger partial charge in [-0.3, -0.25) is 4.79 Å². The van der Waals surface area contributed by atoms with E-state index in [1.54, 1.807) is 12.1 Å². The van der Waals surface area contributed by atoms with Crippen LogP contribution in [-0.2, 0) is 4.79 Å². The standard InChI is InChI=1S/C32H37Cl2N3O4.ClH/c1-20-17-24(26(34)18-21(20)2)23-10-12-27(30(38)36-32(31(39)40)13-6-5-7-14-32)35-29(23)22-9-11-25(33)28(19-22)41-16-8-15-37(3)4;/h9-12,17-19H,5-8,13-16H2,1-4H3,(H,36,38)(H,39,40);1H. The molecule has 0 aliphatic heterocycles. The number of carboxylic acid groups (broad SMARTS) is 1. The van der Waals surface area contributed by atoms with Crippen LogP contribution in [0.25, 0.3) is 22.4 Å². The summed E-state index contributed by atoms with van der Waals surface area (Å²) in [4.78, 5) is 32.5. The van der Waals surface area contributed by atoms with E-state index < -0.39 is 17.4 Å². The Morgan fingerprint density at radius 1 is 0.976 bits per heavy atom. The molecular formula is C32H38Cl3N3O4. The molecule has 2 N–H and O–H groups in total. The van der Waals surface area contributed by atoms with E-state index in [1.165, 1.54) is 0 Å². The van der Waals surface area contributed by atoms with Crippen molar-refractivity contribution in [2.45, 2.75) is 57.9 Å². The third kappa shape index (κ3) is 7.75. The number of carboxylic acids is 1. The molecule has 1 amide bonds. The van der Waals surface area contributed by atoms with Gasteiger partial charge in [0.2, 0.25) is 0 Å². The highest BCUT2D eigenvalue weighted by molar-refractivity contribution is 6.33. The van der Waals surface area contributed by atoms with Gasteiger partial charge in [0.15, 0.2) is 0 Å². The Balaban J connectivity index is 0.00000484. The first-order chi connectivity index (χ1) is 19.5. The van der Waals surface area contributed by atoms with Gasteiger partial charge < -0.3 is 20.1 Å². The van der Waals surface area contributed by atoms with Crippen LogP contribution in [0.2, 0.25) is 10.0 Å². The lowest BCUT2D eigenvalue weighted by atomic mass is 9.81. The number of ether oxygens (including phenoxy) is 1. The Bertz CT molecular complexity index is 1440. The highest BCUT2D eigenvalue weighted by Gasteiger charge is 2.41. The Hall–Kier alpha value is -2.84. The Morgan fingerprint density at radius 2 is 1.67 bits per heavy atom. The van der Waals surface area contributed by atoms with Crippen molar-refractivity contribution < 1.29 is 19.4 Å². The van der Waals surface area contributed by atoms with Crippen molar-refractivity contribution in [2.75, 3.05) is 27.2 Å². The van der Waals surface area contributed by atoms with Gasteiger partial charge in [0, 0.05) is 28.3 Å². The number of hydrogen-bond donors (Lipinski definition) is 2. The Morgan fingerprint density at radius 3 is 2.33 bits per heavy atom. The van der Waals surface area contributed by atoms with E-state index >= 15 is 0 Å². The number of halogens is 3. The number of hydrogen-bond acceptors (Lipinski definition) is 5. The summed E-state index contributed by atoms with van der Waals surface area (Å²) in [6, 6.07) is 12.8. The molecule has 1 saturated carbocycles. The highest BCUT2D eigenvalue weighted by Crippen LogP contribution is 2.39. The van der Waals surface area contributed by atoms with Gasteiger partial charge in [0.25, 0.3) is 5.91 Å². The maximum Gasteiger partial charge on any atom is 0.329 e. The predicted molar refractivity (Wildman–Crippen MR) is 171 cm³/mol. The lowest BCUT2D eigenvalue weighted by Gasteiger charge is -2.33. The molecule has 1 aromatic heterocycles. The van der Waals surface area contributed by atoms with Crippen molar-refractivity contribution in [2.24, 2.45) is 0 Å². The van der Waals surface area contributed by atoms with Crippen LogP contribution in [0.5, 0.6) is 5.75 Å². The molecular weight excluding hydrogens is 597 g/mol. The second kappa shape index (κ2) is 14.6. The van der Waals surface area contributed by atoms with E-state index in [0.717, 1.165) is 54.5 Å². The quantitative estimate of drug-likeness (QED) is 0.223. The summed E-state index contributed by atoms with van der Waals surface area (Å²) < 4.78 is 6.01. The van der Waals surface area contributed by atoms with Crippen molar-refractivity contribution >= 4 is 47.5 Å². The topological polar surface area (TPSA) is 91.8 Å². The molecule has 226 valence electrons. The molecule has 1 heterocycles. The highest BCUT2D eigenvalue weighted by atomic mass is 35.5. The number of nitrogens with one attached hydrogen (secondary N) is 1. The van der Waals surface area contributed by atoms with Crippen molar-refractivity contribution in [3.8, 4) is 28.1 Å². The van der Waals surface area contributed by atoms with Crippen LogP contribution in [0.15, 0.2) is 42.5 Å². The second-order valence-corrected chi connectivity index (χ2v) is 11.9. The molecule has 0 spiro atoms. The molecule has 1 aliphatic rings. The predicted octanol–water partition coefficient (Wildman–Crippen LogP) is 7.61. The minimum Gasteiger partial charge on any atom is -0.492 e. The number of amides is 1. The third-order valence-corrected chi connectivity index (χ3v) is 8.31. The largest absolute Gasteiger partial charge is 0.492 e. The zero-order valence-electron chi connectivity index (χ0n) is 24.4. The normalized spacial score (nSPS) is 14.3. The van der Waals surface area contributed by atoms with Crippen LogP contribution in [0.3, 0.4) is 0 Å². The number of aromatic nitrogens is 1. The number of nitrogens with zero attached hydrogens (tertiary/aromatic N) is 2. The lowest BCUT2D eigenvalue weighted by molar-refractivity contribution is -0.145. The Kier molecular flexibility index (Phi) is 11.7. The number of aryl methyl sites for hydroxylation is 2. The van der Waals surface area contributed by atoms with Gasteiger partial charge in [-0.25, -0.2) is 9.78 Å². The number of rotatable bonds is 10. The summed E-state index contributed by atoms with van der Waals surface area (Å²) in [7, 11) is 4.02. The Labute approximate surface area is 264 Å². The summed E-state index contributed by atoms with van der Waals surface area (Å²) in [5, 5.41) is 13.8. The van der Waals surface area contributed by atoms with Gasteiger partial charge in [0.1, 0.15) is 17.0 Å². The number of aliphatic carboxylic acids is 1. The fraction of sp³-hybridized carbons (Fsp3) is 0.406. The van der Waals surface area contributed by atoms with Crippen LogP contribution < -0.4 is 10.1 Å². The number of carbonyl (C=O) groups is 2. The minimum absolute atomic E-state index is 0. The summed E-state index contributed by atoms with van der Waals surface area (Å²) >= 11 is 13.2. The van der Waals surface area contributed by atoms with Crippen LogP contribution in [0.4, 0.5) is 0 Å². The molecule has 42 heavy (non-hydrogen) atoms. The molecule has 10 heteroatoms. The lowest BCUT2D eigenvalue weighted by Crippen LogP contribution is -2.55. The second-order valence-electron chi connectivity index (χ2n) is 11.1. The first-order valence-corrected chi connectivity index (χ1v) is 14.7. The van der Waals surface area contributed by atoms with Gasteiger partial charge >= 0.3 is 5.97 Å². The summed E-state index contributed by atoms with van der Waals surface area (Å²) in [5.74, 6) is -1.02. The van der Waals surface area contributed by atoms with E-state index in [9.17, 15) is 14.7 Å². The number of benzene rings is 2. The first-order valence-electron chi connectivity index (χ1n) is 13.9. The molecule has 0 unspecified atom stereocenters. The molecule has 0 radical (unpaired) electrons. The molecule has 1 aliphatic carbocycles. The van der Waals surface area contributed by atoms with Crippen molar-refractivity contribution in [1.29, 1.82) is 0 Å². The fourth-order valence-electron chi connectivity index (χ4n) is 5.16. The SMILES string of the molecule is Cc1cc(Cl)c(-c2ccc(C(=O)NC3(C(=O)O)CCCCC3)nc2-c2ccc(Cl)c(OCCCN(C)C)c2)cc1C.Cl. The van der Waals surface area contributed by atoms with E-state index in [-0.39, 0.29) is 18.1 Å².